The second-order valence-corrected chi connectivity index (χ2v) is 8.38. The van der Waals surface area contributed by atoms with Gasteiger partial charge < -0.3 is 9.64 Å². The molecule has 0 saturated carbocycles. The van der Waals surface area contributed by atoms with Crippen molar-refractivity contribution < 1.29 is 14.3 Å². The fraction of sp³-hybridized carbons (Fsp3) is 0.250. The summed E-state index contributed by atoms with van der Waals surface area (Å²) in [4.78, 5) is 28.2. The maximum atomic E-state index is 13.1. The SMILES string of the molecule is Cc1ccc(-c2ccsc2C(=O)O[C@H](C)C(=O)N2c3ccccc3C[C@H]2C)cc1. The summed E-state index contributed by atoms with van der Waals surface area (Å²) in [6, 6.07) is 17.9. The molecule has 0 radical (unpaired) electrons. The molecule has 1 amide bonds. The molecule has 5 heteroatoms. The fourth-order valence-electron chi connectivity index (χ4n) is 3.79. The topological polar surface area (TPSA) is 46.6 Å². The smallest absolute Gasteiger partial charge is 0.349 e. The average molecular weight is 406 g/mol. The first kappa shape index (κ1) is 19.4. The quantitative estimate of drug-likeness (QED) is 0.557. The zero-order valence-electron chi connectivity index (χ0n) is 16.7. The molecule has 148 valence electrons. The first-order chi connectivity index (χ1) is 14.0. The van der Waals surface area contributed by atoms with E-state index in [0.29, 0.717) is 4.88 Å². The predicted octanol–water partition coefficient (Wildman–Crippen LogP) is 5.25. The summed E-state index contributed by atoms with van der Waals surface area (Å²) in [6.07, 6.45) is -0.0467. The van der Waals surface area contributed by atoms with Crippen LogP contribution >= 0.6 is 11.3 Å². The molecule has 29 heavy (non-hydrogen) atoms. The average Bonchev–Trinajstić information content (AvgIpc) is 3.32. The van der Waals surface area contributed by atoms with Gasteiger partial charge in [-0.3, -0.25) is 4.79 Å². The van der Waals surface area contributed by atoms with Crippen LogP contribution in [0, 0.1) is 6.92 Å². The minimum absolute atomic E-state index is 0.0471. The van der Waals surface area contributed by atoms with E-state index in [0.717, 1.165) is 34.4 Å². The Morgan fingerprint density at radius 3 is 2.59 bits per heavy atom. The number of nitrogens with zero attached hydrogens (tertiary/aromatic N) is 1. The highest BCUT2D eigenvalue weighted by molar-refractivity contribution is 7.12. The van der Waals surface area contributed by atoms with Crippen LogP contribution in [0.25, 0.3) is 11.1 Å². The van der Waals surface area contributed by atoms with Crippen LogP contribution in [-0.2, 0) is 16.0 Å². The summed E-state index contributed by atoms with van der Waals surface area (Å²) in [6.45, 7) is 5.69. The molecule has 0 unspecified atom stereocenters. The molecule has 2 aromatic carbocycles. The number of fused-ring (bicyclic) bond motifs is 1. The van der Waals surface area contributed by atoms with E-state index in [1.54, 1.807) is 11.8 Å². The Labute approximate surface area is 174 Å². The predicted molar refractivity (Wildman–Crippen MR) is 116 cm³/mol. The normalized spacial score (nSPS) is 16.4. The number of benzene rings is 2. The number of rotatable bonds is 4. The zero-order chi connectivity index (χ0) is 20.5. The van der Waals surface area contributed by atoms with E-state index in [1.165, 1.54) is 11.3 Å². The lowest BCUT2D eigenvalue weighted by atomic mass is 10.1. The second-order valence-electron chi connectivity index (χ2n) is 7.47. The lowest BCUT2D eigenvalue weighted by Crippen LogP contribution is -2.43. The van der Waals surface area contributed by atoms with Crippen molar-refractivity contribution in [2.45, 2.75) is 39.3 Å². The van der Waals surface area contributed by atoms with Gasteiger partial charge in [-0.1, -0.05) is 48.0 Å². The summed E-state index contributed by atoms with van der Waals surface area (Å²) in [5, 5.41) is 1.87. The Morgan fingerprint density at radius 1 is 1.10 bits per heavy atom. The van der Waals surface area contributed by atoms with Crippen LogP contribution in [0.3, 0.4) is 0 Å². The standard InChI is InChI=1S/C24H23NO3S/c1-15-8-10-18(11-9-15)20-12-13-29-22(20)24(27)28-17(3)23(26)25-16(2)14-19-6-4-5-7-21(19)25/h4-13,16-17H,14H2,1-3H3/t16-,17-/m1/s1. The van der Waals surface area contributed by atoms with Crippen molar-refractivity contribution in [3.05, 3.63) is 76.0 Å². The molecule has 1 aromatic heterocycles. The van der Waals surface area contributed by atoms with Crippen molar-refractivity contribution in [2.24, 2.45) is 0 Å². The number of hydrogen-bond donors (Lipinski definition) is 0. The number of amides is 1. The minimum Gasteiger partial charge on any atom is -0.448 e. The number of carbonyl (C=O) groups is 2. The zero-order valence-corrected chi connectivity index (χ0v) is 17.5. The molecule has 0 saturated heterocycles. The van der Waals surface area contributed by atoms with Gasteiger partial charge in [0.25, 0.3) is 5.91 Å². The summed E-state index contributed by atoms with van der Waals surface area (Å²) in [7, 11) is 0. The molecule has 0 spiro atoms. The van der Waals surface area contributed by atoms with Crippen molar-refractivity contribution in [3.63, 3.8) is 0 Å². The fourth-order valence-corrected chi connectivity index (χ4v) is 4.59. The van der Waals surface area contributed by atoms with Crippen LogP contribution in [0.5, 0.6) is 0 Å². The third-order valence-corrected chi connectivity index (χ3v) is 6.18. The molecular weight excluding hydrogens is 382 g/mol. The van der Waals surface area contributed by atoms with Crippen molar-refractivity contribution >= 4 is 28.9 Å². The van der Waals surface area contributed by atoms with E-state index in [-0.39, 0.29) is 11.9 Å². The maximum Gasteiger partial charge on any atom is 0.349 e. The number of esters is 1. The number of carbonyl (C=O) groups excluding carboxylic acids is 2. The number of thiophene rings is 1. The molecule has 3 aromatic rings. The summed E-state index contributed by atoms with van der Waals surface area (Å²) >= 11 is 1.33. The van der Waals surface area contributed by atoms with E-state index >= 15 is 0 Å². The van der Waals surface area contributed by atoms with Crippen LogP contribution in [-0.4, -0.2) is 24.0 Å². The molecule has 1 aliphatic rings. The Kier molecular flexibility index (Phi) is 5.24. The number of anilines is 1. The van der Waals surface area contributed by atoms with E-state index < -0.39 is 12.1 Å². The Bertz CT molecular complexity index is 1050. The van der Waals surface area contributed by atoms with E-state index in [2.05, 4.69) is 0 Å². The first-order valence-corrected chi connectivity index (χ1v) is 10.6. The van der Waals surface area contributed by atoms with Crippen LogP contribution in [0.2, 0.25) is 0 Å². The van der Waals surface area contributed by atoms with Crippen molar-refractivity contribution in [3.8, 4) is 11.1 Å². The number of aryl methyl sites for hydroxylation is 1. The second kappa shape index (κ2) is 7.84. The number of ether oxygens (including phenoxy) is 1. The molecular formula is C24H23NO3S. The molecule has 0 aliphatic carbocycles. The summed E-state index contributed by atoms with van der Waals surface area (Å²) < 4.78 is 5.60. The van der Waals surface area contributed by atoms with Crippen molar-refractivity contribution in [1.82, 2.24) is 0 Å². The Hall–Kier alpha value is -2.92. The van der Waals surface area contributed by atoms with E-state index in [1.807, 2.05) is 73.8 Å². The molecule has 0 N–H and O–H groups in total. The molecule has 0 bridgehead atoms. The van der Waals surface area contributed by atoms with Crippen molar-refractivity contribution in [1.29, 1.82) is 0 Å². The van der Waals surface area contributed by atoms with Crippen LogP contribution in [0.1, 0.15) is 34.6 Å². The van der Waals surface area contributed by atoms with Gasteiger partial charge in [-0.05, 0) is 55.8 Å². The third-order valence-electron chi connectivity index (χ3n) is 5.29. The van der Waals surface area contributed by atoms with Gasteiger partial charge in [0.15, 0.2) is 6.10 Å². The number of para-hydroxylation sites is 1. The lowest BCUT2D eigenvalue weighted by molar-refractivity contribution is -0.126. The molecule has 4 rings (SSSR count). The number of hydrogen-bond acceptors (Lipinski definition) is 4. The van der Waals surface area contributed by atoms with Crippen LogP contribution < -0.4 is 4.90 Å². The third kappa shape index (κ3) is 3.70. The highest BCUT2D eigenvalue weighted by atomic mass is 32.1. The van der Waals surface area contributed by atoms with Crippen molar-refractivity contribution in [2.75, 3.05) is 4.90 Å². The van der Waals surface area contributed by atoms with Gasteiger partial charge in [0.1, 0.15) is 4.88 Å². The molecule has 2 heterocycles. The van der Waals surface area contributed by atoms with Gasteiger partial charge in [-0.2, -0.15) is 0 Å². The molecule has 2 atom stereocenters. The monoisotopic (exact) mass is 405 g/mol. The van der Waals surface area contributed by atoms with Gasteiger partial charge in [0, 0.05) is 17.3 Å². The van der Waals surface area contributed by atoms with Crippen LogP contribution in [0.15, 0.2) is 60.0 Å². The highest BCUT2D eigenvalue weighted by Gasteiger charge is 2.34. The molecule has 0 fully saturated rings. The Morgan fingerprint density at radius 2 is 1.83 bits per heavy atom. The summed E-state index contributed by atoms with van der Waals surface area (Å²) in [5.41, 5.74) is 5.01. The Balaban J connectivity index is 1.52. The van der Waals surface area contributed by atoms with E-state index in [4.69, 9.17) is 4.74 Å². The first-order valence-electron chi connectivity index (χ1n) is 9.72. The molecule has 1 aliphatic heterocycles. The highest BCUT2D eigenvalue weighted by Crippen LogP contribution is 2.33. The van der Waals surface area contributed by atoms with Gasteiger partial charge in [0.05, 0.1) is 0 Å². The minimum atomic E-state index is -0.857. The summed E-state index contributed by atoms with van der Waals surface area (Å²) in [5.74, 6) is -0.652. The van der Waals surface area contributed by atoms with Gasteiger partial charge >= 0.3 is 5.97 Å². The van der Waals surface area contributed by atoms with Crippen LogP contribution in [0.4, 0.5) is 5.69 Å². The lowest BCUT2D eigenvalue weighted by Gasteiger charge is -2.25. The largest absolute Gasteiger partial charge is 0.448 e. The van der Waals surface area contributed by atoms with E-state index in [9.17, 15) is 9.59 Å². The van der Waals surface area contributed by atoms with Gasteiger partial charge in [-0.25, -0.2) is 4.79 Å². The van der Waals surface area contributed by atoms with Gasteiger partial charge in [0.2, 0.25) is 0 Å². The molecule has 4 nitrogen and oxygen atoms in total. The maximum absolute atomic E-state index is 13.1. The van der Waals surface area contributed by atoms with Gasteiger partial charge in [-0.15, -0.1) is 11.3 Å².